The van der Waals surface area contributed by atoms with Crippen molar-refractivity contribution in [1.29, 1.82) is 0 Å². The summed E-state index contributed by atoms with van der Waals surface area (Å²) in [5, 5.41) is 10.3. The number of carbonyl (C=O) groups is 4. The van der Waals surface area contributed by atoms with Crippen LogP contribution in [0.5, 0.6) is 0 Å². The van der Waals surface area contributed by atoms with Gasteiger partial charge in [0.05, 0.1) is 26.4 Å². The van der Waals surface area contributed by atoms with Crippen molar-refractivity contribution >= 4 is 39.5 Å². The van der Waals surface area contributed by atoms with E-state index in [1.165, 1.54) is 38.5 Å². The molecule has 0 rings (SSSR count). The van der Waals surface area contributed by atoms with E-state index in [1.54, 1.807) is 0 Å². The molecule has 2 unspecified atom stereocenters. The van der Waals surface area contributed by atoms with E-state index in [2.05, 4.69) is 27.7 Å². The van der Waals surface area contributed by atoms with Gasteiger partial charge in [0, 0.05) is 25.7 Å². The second-order valence-corrected chi connectivity index (χ2v) is 18.4. The fourth-order valence-electron chi connectivity index (χ4n) is 5.80. The van der Waals surface area contributed by atoms with Crippen LogP contribution in [-0.2, 0) is 65.4 Å². The van der Waals surface area contributed by atoms with Crippen LogP contribution in [-0.4, -0.2) is 96.7 Å². The Labute approximate surface area is 377 Å². The molecule has 19 heteroatoms. The molecule has 0 aromatic rings. The largest absolute Gasteiger partial charge is 0.472 e. The Hall–Kier alpha value is -1.94. The number of phosphoric ester groups is 2. The van der Waals surface area contributed by atoms with Crippen LogP contribution in [0.15, 0.2) is 0 Å². The van der Waals surface area contributed by atoms with E-state index < -0.39 is 97.5 Å². The number of rotatable bonds is 45. The number of aliphatic hydroxyl groups excluding tert-OH is 1. The second kappa shape index (κ2) is 40.3. The molecule has 0 aliphatic heterocycles. The predicted octanol–water partition coefficient (Wildman–Crippen LogP) is 9.39. The molecule has 0 saturated heterocycles. The summed E-state index contributed by atoms with van der Waals surface area (Å²) in [6.45, 7) is 11.0. The molecule has 372 valence electrons. The van der Waals surface area contributed by atoms with Crippen LogP contribution in [0.4, 0.5) is 0 Å². The zero-order chi connectivity index (χ0) is 47.0. The quantitative estimate of drug-likeness (QED) is 0.0169. The van der Waals surface area contributed by atoms with Gasteiger partial charge in [-0.2, -0.15) is 25.7 Å². The van der Waals surface area contributed by atoms with E-state index in [-0.39, 0.29) is 25.7 Å². The Kier molecular flexibility index (Phi) is 39.1. The fraction of sp³-hybridized carbons (Fsp3) is 0.818. The zero-order valence-electron chi connectivity index (χ0n) is 37.8. The number of hydrogen-bond acceptors (Lipinski definition) is 15. The normalized spacial score (nSPS) is 14.8. The number of unbranched alkanes of at least 4 members (excludes halogenated alkanes) is 19. The standard InChI is InChI=1S/C44H80O17P2/c1-5-9-13-16-17-18-19-20-21-22-23-27-29-42(47)55-34-39(60-43(48)30-24-12-8-4)36-58-62(50,51)56-32-38(45)33-57-63(52,53)59-37-40(61-44(49)31-26-15-11-7-3)35-54-41(46)28-25-14-10-6-2/h38-40,45H,1-37H2,(H,50,51)(H,52,53)/q-4/t38-,39+,40+/m0/s1. The Morgan fingerprint density at radius 2 is 0.635 bits per heavy atom. The molecule has 5 atom stereocenters. The highest BCUT2D eigenvalue weighted by molar-refractivity contribution is 7.47. The molecule has 0 spiro atoms. The summed E-state index contributed by atoms with van der Waals surface area (Å²) in [6.07, 6.45) is 16.8. The van der Waals surface area contributed by atoms with Crippen molar-refractivity contribution in [1.82, 2.24) is 0 Å². The number of hydrogen-bond donors (Lipinski definition) is 3. The minimum atomic E-state index is -4.92. The minimum Gasteiger partial charge on any atom is -0.462 e. The van der Waals surface area contributed by atoms with E-state index in [0.717, 1.165) is 64.2 Å². The summed E-state index contributed by atoms with van der Waals surface area (Å²) in [5.74, 6) is -2.33. The highest BCUT2D eigenvalue weighted by Crippen LogP contribution is 2.45. The average Bonchev–Trinajstić information content (AvgIpc) is 3.25. The van der Waals surface area contributed by atoms with Crippen LogP contribution in [0, 0.1) is 27.7 Å². The molecule has 0 aromatic carbocycles. The molecule has 0 aliphatic carbocycles. The highest BCUT2D eigenvalue weighted by Gasteiger charge is 2.30. The summed E-state index contributed by atoms with van der Waals surface area (Å²) < 4.78 is 65.9. The third-order valence-corrected chi connectivity index (χ3v) is 11.3. The van der Waals surface area contributed by atoms with Crippen LogP contribution in [0.25, 0.3) is 0 Å². The van der Waals surface area contributed by atoms with Gasteiger partial charge in [0.2, 0.25) is 0 Å². The first-order valence-corrected chi connectivity index (χ1v) is 25.9. The van der Waals surface area contributed by atoms with Crippen LogP contribution in [0.1, 0.15) is 173 Å². The van der Waals surface area contributed by atoms with Gasteiger partial charge in [-0.3, -0.25) is 37.3 Å². The zero-order valence-corrected chi connectivity index (χ0v) is 39.6. The highest BCUT2D eigenvalue weighted by atomic mass is 31.2. The molecule has 3 N–H and O–H groups in total. The van der Waals surface area contributed by atoms with Crippen molar-refractivity contribution in [2.75, 3.05) is 39.6 Å². The third kappa shape index (κ3) is 40.1. The molecule has 0 aromatic heterocycles. The molecule has 0 radical (unpaired) electrons. The van der Waals surface area contributed by atoms with Crippen molar-refractivity contribution in [2.45, 2.75) is 192 Å². The van der Waals surface area contributed by atoms with Gasteiger partial charge < -0.3 is 61.5 Å². The fourth-order valence-corrected chi connectivity index (χ4v) is 7.38. The summed E-state index contributed by atoms with van der Waals surface area (Å²) in [4.78, 5) is 69.9. The monoisotopic (exact) mass is 942 g/mol. The van der Waals surface area contributed by atoms with Crippen molar-refractivity contribution in [3.63, 3.8) is 0 Å². The van der Waals surface area contributed by atoms with E-state index in [1.807, 2.05) is 0 Å². The number of esters is 4. The number of carbonyl (C=O) groups excluding carboxylic acids is 4. The van der Waals surface area contributed by atoms with Crippen LogP contribution in [0.2, 0.25) is 0 Å². The van der Waals surface area contributed by atoms with Crippen molar-refractivity contribution < 1.29 is 80.2 Å². The third-order valence-electron chi connectivity index (χ3n) is 9.44. The number of aliphatic hydroxyl groups is 1. The maximum absolute atomic E-state index is 12.6. The van der Waals surface area contributed by atoms with Gasteiger partial charge in [-0.05, 0) is 25.7 Å². The van der Waals surface area contributed by atoms with Gasteiger partial charge in [0.25, 0.3) is 0 Å². The lowest BCUT2D eigenvalue weighted by Gasteiger charge is -2.21. The van der Waals surface area contributed by atoms with Crippen LogP contribution >= 0.6 is 15.6 Å². The minimum absolute atomic E-state index is 0.0443. The number of ether oxygens (including phenoxy) is 4. The lowest BCUT2D eigenvalue weighted by atomic mass is 10.0. The first-order chi connectivity index (χ1) is 30.2. The van der Waals surface area contributed by atoms with Gasteiger partial charge in [-0.15, -0.1) is 0 Å². The molecule has 0 bridgehead atoms. The van der Waals surface area contributed by atoms with Crippen molar-refractivity contribution in [2.24, 2.45) is 0 Å². The van der Waals surface area contributed by atoms with Gasteiger partial charge in [-0.25, -0.2) is 9.13 Å². The SMILES string of the molecule is [CH2-]CCCCCCCCCCCCCC(=O)OC[C@H](COP(=O)(O)OC[C@H](O)COP(=O)(O)OC[C@@H](COC(=O)CCCCC[CH2-])OC(=O)CCCCC[CH2-])OC(=O)CCCC[CH2-]. The molecule has 63 heavy (non-hydrogen) atoms. The van der Waals surface area contributed by atoms with Gasteiger partial charge in [0.15, 0.2) is 12.2 Å². The van der Waals surface area contributed by atoms with Crippen molar-refractivity contribution in [3.05, 3.63) is 27.7 Å². The van der Waals surface area contributed by atoms with E-state index in [9.17, 15) is 43.2 Å². The molecular weight excluding hydrogens is 862 g/mol. The Morgan fingerprint density at radius 3 is 0.984 bits per heavy atom. The smallest absolute Gasteiger partial charge is 0.462 e. The summed E-state index contributed by atoms with van der Waals surface area (Å²) in [6, 6.07) is 0. The van der Waals surface area contributed by atoms with E-state index >= 15 is 0 Å². The maximum atomic E-state index is 12.6. The molecule has 17 nitrogen and oxygen atoms in total. The lowest BCUT2D eigenvalue weighted by molar-refractivity contribution is -0.161. The van der Waals surface area contributed by atoms with E-state index in [0.29, 0.717) is 44.9 Å². The summed E-state index contributed by atoms with van der Waals surface area (Å²) >= 11 is 0. The average molecular weight is 943 g/mol. The first-order valence-electron chi connectivity index (χ1n) is 23.0. The molecule has 0 aliphatic rings. The summed E-state index contributed by atoms with van der Waals surface area (Å²) in [7, 11) is -9.83. The maximum Gasteiger partial charge on any atom is 0.472 e. The molecule has 0 amide bonds. The Bertz CT molecular complexity index is 1270. The molecular formula is C44H80O17P2-4. The van der Waals surface area contributed by atoms with Crippen LogP contribution in [0.3, 0.4) is 0 Å². The molecule has 0 heterocycles. The van der Waals surface area contributed by atoms with Crippen molar-refractivity contribution in [3.8, 4) is 0 Å². The topological polar surface area (TPSA) is 237 Å². The van der Waals surface area contributed by atoms with Gasteiger partial charge >= 0.3 is 39.5 Å². The second-order valence-electron chi connectivity index (χ2n) is 15.5. The Balaban J connectivity index is 4.93. The predicted molar refractivity (Wildman–Crippen MR) is 237 cm³/mol. The lowest BCUT2D eigenvalue weighted by Crippen LogP contribution is -2.30. The Morgan fingerprint density at radius 1 is 0.381 bits per heavy atom. The number of phosphoric acid groups is 2. The van der Waals surface area contributed by atoms with Gasteiger partial charge in [0.1, 0.15) is 19.3 Å². The molecule has 0 fully saturated rings. The van der Waals surface area contributed by atoms with Crippen LogP contribution < -0.4 is 0 Å². The molecule has 0 saturated carbocycles. The summed E-state index contributed by atoms with van der Waals surface area (Å²) in [5.41, 5.74) is 0. The first kappa shape index (κ1) is 61.1. The van der Waals surface area contributed by atoms with Gasteiger partial charge in [-0.1, -0.05) is 96.3 Å². The van der Waals surface area contributed by atoms with E-state index in [4.69, 9.17) is 37.0 Å².